The van der Waals surface area contributed by atoms with Crippen molar-refractivity contribution in [1.29, 1.82) is 0 Å². The maximum atomic E-state index is 13.3. The zero-order chi connectivity index (χ0) is 21.0. The molecule has 30 heavy (non-hydrogen) atoms. The lowest BCUT2D eigenvalue weighted by Crippen LogP contribution is -2.28. The van der Waals surface area contributed by atoms with Crippen molar-refractivity contribution in [1.82, 2.24) is 24.6 Å². The molecule has 1 saturated heterocycles. The molecule has 2 aromatic heterocycles. The molecule has 2 aliphatic rings. The fourth-order valence-corrected chi connectivity index (χ4v) is 4.28. The van der Waals surface area contributed by atoms with Gasteiger partial charge in [0.15, 0.2) is 5.65 Å². The summed E-state index contributed by atoms with van der Waals surface area (Å²) < 4.78 is 7.80. The minimum absolute atomic E-state index is 0.108. The van der Waals surface area contributed by atoms with E-state index in [1.165, 1.54) is 5.06 Å². The maximum Gasteiger partial charge on any atom is 0.258 e. The van der Waals surface area contributed by atoms with Crippen LogP contribution in [0.15, 0.2) is 24.3 Å². The number of nitrogens with zero attached hydrogens (tertiary/aromatic N) is 5. The standard InChI is InChI=1S/C21H22ClN5O3/c1-12-19(22)13(2)27-20(23-12)16-10-25(11-17(16)24-27)21(28)15-5-3-4-6-18(15)30-14-7-8-26(29)9-14/h3-6,14,29H,7-11H2,1-2H3/t14-/m1/s1. The van der Waals surface area contributed by atoms with Gasteiger partial charge < -0.3 is 14.8 Å². The minimum atomic E-state index is -0.135. The molecule has 5 rings (SSSR count). The lowest BCUT2D eigenvalue weighted by Gasteiger charge is -2.20. The Bertz CT molecular complexity index is 1160. The van der Waals surface area contributed by atoms with Crippen molar-refractivity contribution in [2.75, 3.05) is 13.1 Å². The number of aromatic nitrogens is 3. The number of hydrogen-bond acceptors (Lipinski definition) is 6. The van der Waals surface area contributed by atoms with Crippen molar-refractivity contribution < 1.29 is 14.7 Å². The fraction of sp³-hybridized carbons (Fsp3) is 0.381. The van der Waals surface area contributed by atoms with Crippen molar-refractivity contribution in [3.63, 3.8) is 0 Å². The summed E-state index contributed by atoms with van der Waals surface area (Å²) in [6.07, 6.45) is 0.585. The molecular weight excluding hydrogens is 406 g/mol. The van der Waals surface area contributed by atoms with Gasteiger partial charge in [0.05, 0.1) is 47.3 Å². The van der Waals surface area contributed by atoms with Gasteiger partial charge in [0.1, 0.15) is 11.9 Å². The van der Waals surface area contributed by atoms with Crippen LogP contribution in [0.3, 0.4) is 0 Å². The Balaban J connectivity index is 1.41. The molecule has 3 aromatic rings. The summed E-state index contributed by atoms with van der Waals surface area (Å²) in [7, 11) is 0. The van der Waals surface area contributed by atoms with Crippen LogP contribution < -0.4 is 4.74 Å². The normalized spacial score (nSPS) is 18.9. The van der Waals surface area contributed by atoms with Gasteiger partial charge in [0.25, 0.3) is 5.91 Å². The van der Waals surface area contributed by atoms with E-state index >= 15 is 0 Å². The maximum absolute atomic E-state index is 13.3. The average Bonchev–Trinajstić information content (AvgIpc) is 3.42. The molecule has 0 radical (unpaired) electrons. The SMILES string of the molecule is Cc1nc2c3c(nn2c(C)c1Cl)CN(C(=O)c1ccccc1O[C@@H]1CCN(O)C1)C3. The molecule has 0 saturated carbocycles. The molecule has 0 spiro atoms. The Labute approximate surface area is 178 Å². The number of ether oxygens (including phenoxy) is 1. The second-order valence-corrected chi connectivity index (χ2v) is 8.23. The number of hydrogen-bond donors (Lipinski definition) is 1. The number of amides is 1. The van der Waals surface area contributed by atoms with E-state index < -0.39 is 0 Å². The van der Waals surface area contributed by atoms with E-state index in [9.17, 15) is 10.0 Å². The summed E-state index contributed by atoms with van der Waals surface area (Å²) in [6, 6.07) is 7.26. The number of fused-ring (bicyclic) bond motifs is 3. The highest BCUT2D eigenvalue weighted by molar-refractivity contribution is 6.31. The van der Waals surface area contributed by atoms with E-state index in [1.807, 2.05) is 26.0 Å². The minimum Gasteiger partial charge on any atom is -0.488 e. The molecular formula is C21H22ClN5O3. The van der Waals surface area contributed by atoms with Gasteiger partial charge in [-0.2, -0.15) is 10.2 Å². The molecule has 0 aliphatic carbocycles. The summed E-state index contributed by atoms with van der Waals surface area (Å²) in [5, 5.41) is 16.1. The van der Waals surface area contributed by atoms with Crippen LogP contribution in [0.4, 0.5) is 0 Å². The lowest BCUT2D eigenvalue weighted by atomic mass is 10.1. The van der Waals surface area contributed by atoms with Gasteiger partial charge in [-0.05, 0) is 26.0 Å². The number of hydroxylamine groups is 2. The molecule has 8 nitrogen and oxygen atoms in total. The molecule has 2 aliphatic heterocycles. The summed E-state index contributed by atoms with van der Waals surface area (Å²) in [6.45, 7) is 5.64. The number of carbonyl (C=O) groups excluding carboxylic acids is 1. The monoisotopic (exact) mass is 427 g/mol. The predicted molar refractivity (Wildman–Crippen MR) is 110 cm³/mol. The Hall–Kier alpha value is -2.68. The first-order chi connectivity index (χ1) is 14.4. The van der Waals surface area contributed by atoms with E-state index in [2.05, 4.69) is 10.1 Å². The van der Waals surface area contributed by atoms with Crippen molar-refractivity contribution in [2.24, 2.45) is 0 Å². The van der Waals surface area contributed by atoms with Gasteiger partial charge in [-0.3, -0.25) is 4.79 Å². The van der Waals surface area contributed by atoms with Gasteiger partial charge in [-0.1, -0.05) is 23.7 Å². The molecule has 1 atom stereocenters. The molecule has 0 unspecified atom stereocenters. The predicted octanol–water partition coefficient (Wildman–Crippen LogP) is 3.00. The largest absolute Gasteiger partial charge is 0.488 e. The second kappa shape index (κ2) is 7.23. The van der Waals surface area contributed by atoms with Crippen LogP contribution in [-0.4, -0.2) is 54.9 Å². The third-order valence-corrected chi connectivity index (χ3v) is 6.32. The number of halogens is 1. The molecule has 1 aromatic carbocycles. The molecule has 156 valence electrons. The summed E-state index contributed by atoms with van der Waals surface area (Å²) >= 11 is 6.31. The average molecular weight is 428 g/mol. The third-order valence-electron chi connectivity index (χ3n) is 5.78. The number of benzene rings is 1. The van der Waals surface area contributed by atoms with Gasteiger partial charge in [0.2, 0.25) is 0 Å². The van der Waals surface area contributed by atoms with Crippen molar-refractivity contribution in [3.05, 3.63) is 57.5 Å². The molecule has 1 N–H and O–H groups in total. The summed E-state index contributed by atoms with van der Waals surface area (Å²) in [5.74, 6) is 0.432. The quantitative estimate of drug-likeness (QED) is 0.691. The zero-order valence-corrected chi connectivity index (χ0v) is 17.6. The second-order valence-electron chi connectivity index (χ2n) is 7.86. The highest BCUT2D eigenvalue weighted by Crippen LogP contribution is 2.31. The number of rotatable bonds is 3. The zero-order valence-electron chi connectivity index (χ0n) is 16.8. The Morgan fingerprint density at radius 2 is 2.07 bits per heavy atom. The van der Waals surface area contributed by atoms with E-state index in [4.69, 9.17) is 16.3 Å². The van der Waals surface area contributed by atoms with Crippen LogP contribution in [-0.2, 0) is 13.1 Å². The lowest BCUT2D eigenvalue weighted by molar-refractivity contribution is -0.0745. The van der Waals surface area contributed by atoms with Crippen LogP contribution in [0.2, 0.25) is 5.02 Å². The van der Waals surface area contributed by atoms with Gasteiger partial charge >= 0.3 is 0 Å². The van der Waals surface area contributed by atoms with E-state index in [0.29, 0.717) is 42.5 Å². The van der Waals surface area contributed by atoms with Crippen LogP contribution in [0.1, 0.15) is 39.4 Å². The first-order valence-corrected chi connectivity index (χ1v) is 10.3. The molecule has 1 fully saturated rings. The number of carbonyl (C=O) groups is 1. The van der Waals surface area contributed by atoms with Crippen molar-refractivity contribution in [3.8, 4) is 5.75 Å². The summed E-state index contributed by atoms with van der Waals surface area (Å²) in [4.78, 5) is 19.7. The van der Waals surface area contributed by atoms with Crippen LogP contribution in [0.25, 0.3) is 5.65 Å². The summed E-state index contributed by atoms with van der Waals surface area (Å²) in [5.41, 5.74) is 4.65. The van der Waals surface area contributed by atoms with Crippen LogP contribution in [0, 0.1) is 13.8 Å². The smallest absolute Gasteiger partial charge is 0.258 e. The van der Waals surface area contributed by atoms with E-state index in [1.54, 1.807) is 21.5 Å². The highest BCUT2D eigenvalue weighted by atomic mass is 35.5. The Kier molecular flexibility index (Phi) is 4.65. The Morgan fingerprint density at radius 1 is 1.27 bits per heavy atom. The van der Waals surface area contributed by atoms with Gasteiger partial charge in [-0.25, -0.2) is 9.50 Å². The van der Waals surface area contributed by atoms with Crippen LogP contribution >= 0.6 is 11.6 Å². The first-order valence-electron chi connectivity index (χ1n) is 9.94. The Morgan fingerprint density at radius 3 is 2.83 bits per heavy atom. The molecule has 4 heterocycles. The van der Waals surface area contributed by atoms with E-state index in [-0.39, 0.29) is 12.0 Å². The third kappa shape index (κ3) is 3.12. The fourth-order valence-electron chi connectivity index (χ4n) is 4.16. The topological polar surface area (TPSA) is 83.2 Å². The van der Waals surface area contributed by atoms with Gasteiger partial charge in [0, 0.05) is 18.5 Å². The molecule has 0 bridgehead atoms. The molecule has 9 heteroatoms. The first kappa shape index (κ1) is 19.3. The van der Waals surface area contributed by atoms with Crippen molar-refractivity contribution in [2.45, 2.75) is 39.5 Å². The van der Waals surface area contributed by atoms with Crippen molar-refractivity contribution >= 4 is 23.2 Å². The van der Waals surface area contributed by atoms with Crippen LogP contribution in [0.5, 0.6) is 5.75 Å². The molecule has 1 amide bonds. The highest BCUT2D eigenvalue weighted by Gasteiger charge is 2.32. The van der Waals surface area contributed by atoms with Gasteiger partial charge in [-0.15, -0.1) is 0 Å². The van der Waals surface area contributed by atoms with E-state index in [0.717, 1.165) is 34.7 Å². The number of para-hydroxylation sites is 1. The number of aryl methyl sites for hydroxylation is 2.